The average molecular weight is 344 g/mol. The van der Waals surface area contributed by atoms with Crippen molar-refractivity contribution in [3.63, 3.8) is 0 Å². The van der Waals surface area contributed by atoms with E-state index in [-0.39, 0.29) is 6.10 Å². The summed E-state index contributed by atoms with van der Waals surface area (Å²) in [5.41, 5.74) is 2.36. The molecule has 0 aliphatic heterocycles. The van der Waals surface area contributed by atoms with E-state index < -0.39 is 0 Å². The molecule has 1 aromatic heterocycles. The van der Waals surface area contributed by atoms with E-state index in [2.05, 4.69) is 52.9 Å². The van der Waals surface area contributed by atoms with E-state index in [1.54, 1.807) is 11.3 Å². The zero-order chi connectivity index (χ0) is 11.5. The molecule has 1 nitrogen and oxygen atoms in total. The minimum Gasteiger partial charge on any atom is -0.387 e. The standard InChI is InChI=1S/C13H13IOS/c1-9-6-7-16-13(9)12(15)8-10-2-4-11(14)5-3-10/h2-7,12,15H,8H2,1H3. The Balaban J connectivity index is 2.10. The second-order valence-electron chi connectivity index (χ2n) is 3.81. The van der Waals surface area contributed by atoms with Crippen LogP contribution >= 0.6 is 33.9 Å². The van der Waals surface area contributed by atoms with Gasteiger partial charge in [0.1, 0.15) is 0 Å². The third kappa shape index (κ3) is 2.84. The lowest BCUT2D eigenvalue weighted by Gasteiger charge is -2.10. The van der Waals surface area contributed by atoms with Gasteiger partial charge in [0, 0.05) is 14.9 Å². The minimum absolute atomic E-state index is 0.375. The summed E-state index contributed by atoms with van der Waals surface area (Å²) in [5.74, 6) is 0. The molecule has 0 aliphatic rings. The number of rotatable bonds is 3. The fourth-order valence-electron chi connectivity index (χ4n) is 1.66. The van der Waals surface area contributed by atoms with Crippen LogP contribution < -0.4 is 0 Å². The molecule has 1 unspecified atom stereocenters. The lowest BCUT2D eigenvalue weighted by atomic mass is 10.1. The van der Waals surface area contributed by atoms with Crippen molar-refractivity contribution >= 4 is 33.9 Å². The molecule has 84 valence electrons. The molecule has 0 radical (unpaired) electrons. The van der Waals surface area contributed by atoms with Crippen LogP contribution in [0.1, 0.15) is 22.1 Å². The predicted molar refractivity (Wildman–Crippen MR) is 76.9 cm³/mol. The van der Waals surface area contributed by atoms with Crippen molar-refractivity contribution in [2.45, 2.75) is 19.4 Å². The Hall–Kier alpha value is -0.390. The molecule has 1 heterocycles. The Kier molecular flexibility index (Phi) is 4.00. The highest BCUT2D eigenvalue weighted by Crippen LogP contribution is 2.26. The SMILES string of the molecule is Cc1ccsc1C(O)Cc1ccc(I)cc1. The number of hydrogen-bond donors (Lipinski definition) is 1. The number of aryl methyl sites for hydroxylation is 1. The van der Waals surface area contributed by atoms with Crippen LogP contribution in [0.3, 0.4) is 0 Å². The molecule has 3 heteroatoms. The normalized spacial score (nSPS) is 12.7. The average Bonchev–Trinajstić information content (AvgIpc) is 2.68. The third-order valence-corrected chi connectivity index (χ3v) is 4.39. The van der Waals surface area contributed by atoms with Crippen molar-refractivity contribution in [3.05, 3.63) is 55.3 Å². The molecule has 2 aromatic rings. The van der Waals surface area contributed by atoms with E-state index in [4.69, 9.17) is 0 Å². The highest BCUT2D eigenvalue weighted by molar-refractivity contribution is 14.1. The summed E-state index contributed by atoms with van der Waals surface area (Å²) in [7, 11) is 0. The zero-order valence-corrected chi connectivity index (χ0v) is 12.0. The van der Waals surface area contributed by atoms with Gasteiger partial charge in [-0.05, 0) is 64.2 Å². The van der Waals surface area contributed by atoms with Gasteiger partial charge in [-0.1, -0.05) is 12.1 Å². The molecule has 2 rings (SSSR count). The maximum Gasteiger partial charge on any atom is 0.0924 e. The van der Waals surface area contributed by atoms with E-state index >= 15 is 0 Å². The van der Waals surface area contributed by atoms with Gasteiger partial charge in [0.05, 0.1) is 6.10 Å². The lowest BCUT2D eigenvalue weighted by Crippen LogP contribution is -2.00. The van der Waals surface area contributed by atoms with E-state index in [0.717, 1.165) is 4.88 Å². The van der Waals surface area contributed by atoms with E-state index in [0.29, 0.717) is 6.42 Å². The maximum atomic E-state index is 10.1. The first-order valence-electron chi connectivity index (χ1n) is 5.13. The molecule has 0 spiro atoms. The maximum absolute atomic E-state index is 10.1. The first kappa shape index (κ1) is 12.1. The van der Waals surface area contributed by atoms with Gasteiger partial charge in [-0.2, -0.15) is 0 Å². The van der Waals surface area contributed by atoms with Crippen LogP contribution in [0.4, 0.5) is 0 Å². The van der Waals surface area contributed by atoms with Gasteiger partial charge in [-0.15, -0.1) is 11.3 Å². The summed E-state index contributed by atoms with van der Waals surface area (Å²) in [6.07, 6.45) is 0.318. The molecule has 0 fully saturated rings. The number of halogens is 1. The van der Waals surface area contributed by atoms with Gasteiger partial charge in [0.25, 0.3) is 0 Å². The number of benzene rings is 1. The molecule has 1 aromatic carbocycles. The summed E-state index contributed by atoms with van der Waals surface area (Å²) in [6, 6.07) is 10.4. The van der Waals surface area contributed by atoms with Gasteiger partial charge in [-0.3, -0.25) is 0 Å². The van der Waals surface area contributed by atoms with E-state index in [1.807, 2.05) is 12.3 Å². The molecule has 0 bridgehead atoms. The zero-order valence-electron chi connectivity index (χ0n) is 8.98. The molecular formula is C13H13IOS. The Bertz CT molecular complexity index is 461. The van der Waals surface area contributed by atoms with Gasteiger partial charge in [-0.25, -0.2) is 0 Å². The Morgan fingerprint density at radius 2 is 1.94 bits per heavy atom. The van der Waals surface area contributed by atoms with Crippen LogP contribution in [0, 0.1) is 10.5 Å². The fourth-order valence-corrected chi connectivity index (χ4v) is 2.93. The molecule has 16 heavy (non-hydrogen) atoms. The van der Waals surface area contributed by atoms with Crippen LogP contribution in [0.2, 0.25) is 0 Å². The minimum atomic E-state index is -0.375. The lowest BCUT2D eigenvalue weighted by molar-refractivity contribution is 0.181. The topological polar surface area (TPSA) is 20.2 Å². The number of thiophene rings is 1. The second-order valence-corrected chi connectivity index (χ2v) is 6.01. The number of aliphatic hydroxyl groups excluding tert-OH is 1. The quantitative estimate of drug-likeness (QED) is 0.837. The van der Waals surface area contributed by atoms with Gasteiger partial charge >= 0.3 is 0 Å². The number of aliphatic hydroxyl groups is 1. The smallest absolute Gasteiger partial charge is 0.0924 e. The summed E-state index contributed by atoms with van der Waals surface area (Å²) in [6.45, 7) is 2.04. The number of hydrogen-bond acceptors (Lipinski definition) is 2. The van der Waals surface area contributed by atoms with Crippen molar-refractivity contribution in [3.8, 4) is 0 Å². The van der Waals surface area contributed by atoms with Crippen molar-refractivity contribution < 1.29 is 5.11 Å². The molecule has 0 saturated carbocycles. The van der Waals surface area contributed by atoms with Crippen molar-refractivity contribution in [1.29, 1.82) is 0 Å². The molecule has 0 aliphatic carbocycles. The van der Waals surface area contributed by atoms with Crippen LogP contribution in [-0.2, 0) is 6.42 Å². The molecule has 1 N–H and O–H groups in total. The van der Waals surface area contributed by atoms with Crippen LogP contribution in [0.25, 0.3) is 0 Å². The van der Waals surface area contributed by atoms with Gasteiger partial charge < -0.3 is 5.11 Å². The van der Waals surface area contributed by atoms with Crippen LogP contribution in [-0.4, -0.2) is 5.11 Å². The van der Waals surface area contributed by atoms with Crippen LogP contribution in [0.5, 0.6) is 0 Å². The second kappa shape index (κ2) is 5.29. The van der Waals surface area contributed by atoms with Gasteiger partial charge in [0.15, 0.2) is 0 Å². The largest absolute Gasteiger partial charge is 0.387 e. The third-order valence-electron chi connectivity index (χ3n) is 2.55. The van der Waals surface area contributed by atoms with Crippen molar-refractivity contribution in [2.75, 3.05) is 0 Å². The van der Waals surface area contributed by atoms with Crippen molar-refractivity contribution in [2.24, 2.45) is 0 Å². The molecular weight excluding hydrogens is 331 g/mol. The van der Waals surface area contributed by atoms with Crippen molar-refractivity contribution in [1.82, 2.24) is 0 Å². The Morgan fingerprint density at radius 1 is 1.25 bits per heavy atom. The monoisotopic (exact) mass is 344 g/mol. The Morgan fingerprint density at radius 3 is 2.50 bits per heavy atom. The first-order chi connectivity index (χ1) is 7.66. The molecule has 0 amide bonds. The summed E-state index contributed by atoms with van der Waals surface area (Å²) >= 11 is 3.91. The highest BCUT2D eigenvalue weighted by Gasteiger charge is 2.12. The first-order valence-corrected chi connectivity index (χ1v) is 7.09. The van der Waals surface area contributed by atoms with Gasteiger partial charge in [0.2, 0.25) is 0 Å². The fraction of sp³-hybridized carbons (Fsp3) is 0.231. The highest BCUT2D eigenvalue weighted by atomic mass is 127. The Labute approximate surface area is 113 Å². The summed E-state index contributed by atoms with van der Waals surface area (Å²) in [5, 5.41) is 12.2. The van der Waals surface area contributed by atoms with E-state index in [1.165, 1.54) is 14.7 Å². The van der Waals surface area contributed by atoms with E-state index in [9.17, 15) is 5.11 Å². The summed E-state index contributed by atoms with van der Waals surface area (Å²) < 4.78 is 1.23. The molecule has 1 atom stereocenters. The molecule has 0 saturated heterocycles. The predicted octanol–water partition coefficient (Wildman–Crippen LogP) is 3.94. The summed E-state index contributed by atoms with van der Waals surface area (Å²) in [4.78, 5) is 1.08. The van der Waals surface area contributed by atoms with Crippen LogP contribution in [0.15, 0.2) is 35.7 Å².